The molecule has 0 radical (unpaired) electrons. The molecule has 1 N–H and O–H groups in total. The molecule has 2 aliphatic heterocycles. The van der Waals surface area contributed by atoms with Gasteiger partial charge in [0.1, 0.15) is 0 Å². The lowest BCUT2D eigenvalue weighted by atomic mass is 9.89. The zero-order valence-electron chi connectivity index (χ0n) is 14.6. The molecule has 2 fully saturated rings. The first-order valence-corrected chi connectivity index (χ1v) is 9.80. The van der Waals surface area contributed by atoms with E-state index in [4.69, 9.17) is 11.6 Å². The molecule has 2 saturated heterocycles. The van der Waals surface area contributed by atoms with E-state index in [1.807, 2.05) is 29.2 Å². The van der Waals surface area contributed by atoms with Crippen molar-refractivity contribution >= 4 is 17.5 Å². The van der Waals surface area contributed by atoms with Gasteiger partial charge in [-0.15, -0.1) is 0 Å². The minimum atomic E-state index is 0.301. The van der Waals surface area contributed by atoms with Crippen molar-refractivity contribution in [3.8, 4) is 0 Å². The second kappa shape index (κ2) is 8.35. The van der Waals surface area contributed by atoms with Crippen molar-refractivity contribution in [1.82, 2.24) is 10.2 Å². The molecule has 1 aromatic rings. The Labute approximate surface area is 150 Å². The summed E-state index contributed by atoms with van der Waals surface area (Å²) in [5.74, 6) is 0.848. The van der Waals surface area contributed by atoms with Gasteiger partial charge in [-0.1, -0.05) is 43.1 Å². The molecule has 2 unspecified atom stereocenters. The molecule has 0 spiro atoms. The molecule has 4 heteroatoms. The van der Waals surface area contributed by atoms with E-state index in [0.717, 1.165) is 42.8 Å². The molecule has 132 valence electrons. The zero-order valence-corrected chi connectivity index (χ0v) is 15.4. The van der Waals surface area contributed by atoms with Gasteiger partial charge in [-0.3, -0.25) is 4.79 Å². The van der Waals surface area contributed by atoms with Crippen molar-refractivity contribution in [2.24, 2.45) is 5.92 Å². The van der Waals surface area contributed by atoms with E-state index in [1.54, 1.807) is 0 Å². The van der Waals surface area contributed by atoms with Crippen LogP contribution in [0.3, 0.4) is 0 Å². The average molecular weight is 349 g/mol. The molecular formula is C20H29ClN2O. The third kappa shape index (κ3) is 4.52. The molecule has 0 aromatic heterocycles. The first-order valence-electron chi connectivity index (χ1n) is 9.43. The van der Waals surface area contributed by atoms with E-state index in [-0.39, 0.29) is 0 Å². The fourth-order valence-electron chi connectivity index (χ4n) is 4.19. The summed E-state index contributed by atoms with van der Waals surface area (Å²) in [5, 5.41) is 4.42. The number of halogens is 1. The number of hydrogen-bond acceptors (Lipinski definition) is 2. The minimum Gasteiger partial charge on any atom is -0.338 e. The van der Waals surface area contributed by atoms with Gasteiger partial charge in [0, 0.05) is 36.6 Å². The van der Waals surface area contributed by atoms with Crippen LogP contribution in [0.5, 0.6) is 0 Å². The van der Waals surface area contributed by atoms with Crippen LogP contribution in [0.25, 0.3) is 0 Å². The number of nitrogens with one attached hydrogen (secondary N) is 1. The van der Waals surface area contributed by atoms with Crippen LogP contribution in [-0.2, 0) is 11.3 Å². The second-order valence-electron chi connectivity index (χ2n) is 7.44. The second-order valence-corrected chi connectivity index (χ2v) is 7.85. The van der Waals surface area contributed by atoms with E-state index in [2.05, 4.69) is 12.2 Å². The van der Waals surface area contributed by atoms with Crippen molar-refractivity contribution in [3.05, 3.63) is 34.9 Å². The van der Waals surface area contributed by atoms with E-state index in [1.165, 1.54) is 12.8 Å². The van der Waals surface area contributed by atoms with Gasteiger partial charge in [0.05, 0.1) is 0 Å². The summed E-state index contributed by atoms with van der Waals surface area (Å²) in [7, 11) is 0. The maximum atomic E-state index is 12.9. The molecule has 2 bridgehead atoms. The number of hydrogen-bond donors (Lipinski definition) is 1. The summed E-state index contributed by atoms with van der Waals surface area (Å²) in [4.78, 5) is 15.0. The molecular weight excluding hydrogens is 320 g/mol. The summed E-state index contributed by atoms with van der Waals surface area (Å²) in [6.07, 6.45) is 7.75. The number of carbonyl (C=O) groups is 1. The summed E-state index contributed by atoms with van der Waals surface area (Å²) in [6.45, 7) is 3.64. The first kappa shape index (κ1) is 17.8. The van der Waals surface area contributed by atoms with Gasteiger partial charge in [0.25, 0.3) is 0 Å². The lowest BCUT2D eigenvalue weighted by Crippen LogP contribution is -2.40. The maximum Gasteiger partial charge on any atom is 0.223 e. The SMILES string of the molecule is CCCCN(Cc1ccccc1Cl)C(=O)CC1CC2CCC(C1)N2. The highest BCUT2D eigenvalue weighted by Gasteiger charge is 2.34. The fraction of sp³-hybridized carbons (Fsp3) is 0.650. The van der Waals surface area contributed by atoms with Gasteiger partial charge < -0.3 is 10.2 Å². The summed E-state index contributed by atoms with van der Waals surface area (Å²) >= 11 is 6.30. The lowest BCUT2D eigenvalue weighted by molar-refractivity contribution is -0.133. The molecule has 2 atom stereocenters. The highest BCUT2D eigenvalue weighted by atomic mass is 35.5. The molecule has 0 aliphatic carbocycles. The van der Waals surface area contributed by atoms with Gasteiger partial charge in [-0.05, 0) is 49.7 Å². The van der Waals surface area contributed by atoms with Crippen molar-refractivity contribution in [2.45, 2.75) is 70.5 Å². The molecule has 1 aromatic carbocycles. The number of benzene rings is 1. The highest BCUT2D eigenvalue weighted by Crippen LogP contribution is 2.33. The molecule has 2 heterocycles. The minimum absolute atomic E-state index is 0.301. The largest absolute Gasteiger partial charge is 0.338 e. The fourth-order valence-corrected chi connectivity index (χ4v) is 4.39. The van der Waals surface area contributed by atoms with Crippen molar-refractivity contribution in [3.63, 3.8) is 0 Å². The Balaban J connectivity index is 1.61. The van der Waals surface area contributed by atoms with E-state index in [0.29, 0.717) is 36.9 Å². The van der Waals surface area contributed by atoms with Gasteiger partial charge in [0.15, 0.2) is 0 Å². The quantitative estimate of drug-likeness (QED) is 0.792. The Kier molecular flexibility index (Phi) is 6.18. The number of unbranched alkanes of at least 4 members (excludes halogenated alkanes) is 1. The normalized spacial score (nSPS) is 25.7. The molecule has 3 rings (SSSR count). The van der Waals surface area contributed by atoms with Crippen molar-refractivity contribution in [1.29, 1.82) is 0 Å². The van der Waals surface area contributed by atoms with Gasteiger partial charge in [0.2, 0.25) is 5.91 Å². The molecule has 0 saturated carbocycles. The number of piperidine rings is 1. The first-order chi connectivity index (χ1) is 11.7. The van der Waals surface area contributed by atoms with Crippen LogP contribution >= 0.6 is 11.6 Å². The van der Waals surface area contributed by atoms with Crippen LogP contribution in [0.2, 0.25) is 5.02 Å². The maximum absolute atomic E-state index is 12.9. The Bertz CT molecular complexity index is 550. The molecule has 2 aliphatic rings. The molecule has 3 nitrogen and oxygen atoms in total. The van der Waals surface area contributed by atoms with Crippen molar-refractivity contribution < 1.29 is 4.79 Å². The Morgan fingerprint density at radius 3 is 2.62 bits per heavy atom. The van der Waals surface area contributed by atoms with Crippen LogP contribution < -0.4 is 5.32 Å². The topological polar surface area (TPSA) is 32.3 Å². The summed E-state index contributed by atoms with van der Waals surface area (Å²) in [5.41, 5.74) is 1.05. The van der Waals surface area contributed by atoms with E-state index >= 15 is 0 Å². The van der Waals surface area contributed by atoms with Crippen molar-refractivity contribution in [2.75, 3.05) is 6.54 Å². The number of fused-ring (bicyclic) bond motifs is 2. The third-order valence-electron chi connectivity index (χ3n) is 5.49. The summed E-state index contributed by atoms with van der Waals surface area (Å²) in [6, 6.07) is 9.16. The number of nitrogens with zero attached hydrogens (tertiary/aromatic N) is 1. The zero-order chi connectivity index (χ0) is 16.9. The third-order valence-corrected chi connectivity index (χ3v) is 5.86. The van der Waals surface area contributed by atoms with E-state index in [9.17, 15) is 4.79 Å². The van der Waals surface area contributed by atoms with Crippen LogP contribution in [0.1, 0.15) is 57.4 Å². The van der Waals surface area contributed by atoms with Crippen LogP contribution in [0.15, 0.2) is 24.3 Å². The Morgan fingerprint density at radius 1 is 1.25 bits per heavy atom. The van der Waals surface area contributed by atoms with Gasteiger partial charge >= 0.3 is 0 Å². The lowest BCUT2D eigenvalue weighted by Gasteiger charge is -2.31. The average Bonchev–Trinajstić information content (AvgIpc) is 2.91. The molecule has 1 amide bonds. The monoisotopic (exact) mass is 348 g/mol. The number of carbonyl (C=O) groups excluding carboxylic acids is 1. The van der Waals surface area contributed by atoms with Gasteiger partial charge in [-0.25, -0.2) is 0 Å². The standard InChI is InChI=1S/C20H29ClN2O/c1-2-3-10-23(14-16-6-4-5-7-19(16)21)20(24)13-15-11-17-8-9-18(12-15)22-17/h4-7,15,17-18,22H,2-3,8-14H2,1H3. The van der Waals surface area contributed by atoms with E-state index < -0.39 is 0 Å². The van der Waals surface area contributed by atoms with Crippen LogP contribution in [0.4, 0.5) is 0 Å². The Hall–Kier alpha value is -1.06. The molecule has 24 heavy (non-hydrogen) atoms. The van der Waals surface area contributed by atoms with Crippen LogP contribution in [0, 0.1) is 5.92 Å². The number of rotatable bonds is 7. The predicted octanol–water partition coefficient (Wildman–Crippen LogP) is 4.39. The number of amides is 1. The Morgan fingerprint density at radius 2 is 1.96 bits per heavy atom. The van der Waals surface area contributed by atoms with Gasteiger partial charge in [-0.2, -0.15) is 0 Å². The predicted molar refractivity (Wildman–Crippen MR) is 99.1 cm³/mol. The highest BCUT2D eigenvalue weighted by molar-refractivity contribution is 6.31. The summed E-state index contributed by atoms with van der Waals surface area (Å²) < 4.78 is 0. The smallest absolute Gasteiger partial charge is 0.223 e. The van der Waals surface area contributed by atoms with Crippen LogP contribution in [-0.4, -0.2) is 29.4 Å².